The Bertz CT molecular complexity index is 192. The number of nitriles is 1. The van der Waals surface area contributed by atoms with Crippen molar-refractivity contribution in [3.8, 4) is 6.07 Å². The molecule has 0 aliphatic heterocycles. The Morgan fingerprint density at radius 3 is 2.70 bits per heavy atom. The molecular weight excluding hydrogens is 150 g/mol. The predicted octanol–water partition coefficient (Wildman–Crippen LogP) is 0.930. The van der Waals surface area contributed by atoms with Crippen LogP contribution in [0.3, 0.4) is 0 Å². The zero-order valence-corrected chi connectivity index (χ0v) is 6.57. The average molecular weight is 157 g/mol. The van der Waals surface area contributed by atoms with Crippen LogP contribution in [0, 0.1) is 11.3 Å². The van der Waals surface area contributed by atoms with Gasteiger partial charge in [-0.25, -0.2) is 4.79 Å². The molecule has 0 N–H and O–H groups in total. The van der Waals surface area contributed by atoms with Crippen molar-refractivity contribution in [1.29, 1.82) is 5.26 Å². The molecule has 0 radical (unpaired) electrons. The fourth-order valence-electron chi connectivity index (χ4n) is 0.348. The van der Waals surface area contributed by atoms with Crippen molar-refractivity contribution in [1.82, 2.24) is 0 Å². The zero-order valence-electron chi connectivity index (χ0n) is 5.75. The topological polar surface area (TPSA) is 50.1 Å². The zero-order chi connectivity index (χ0) is 7.98. The number of hydrogen-bond donors (Lipinski definition) is 0. The Morgan fingerprint density at radius 1 is 1.80 bits per heavy atom. The number of nitrogens with zero attached hydrogens (tertiary/aromatic N) is 1. The summed E-state index contributed by atoms with van der Waals surface area (Å²) in [4.78, 5) is 10.6. The highest BCUT2D eigenvalue weighted by Crippen LogP contribution is 2.03. The smallest absolute Gasteiger partial charge is 0.349 e. The Morgan fingerprint density at radius 2 is 2.40 bits per heavy atom. The average Bonchev–Trinajstić information content (AvgIpc) is 1.99. The molecule has 0 aromatic rings. The van der Waals surface area contributed by atoms with Crippen molar-refractivity contribution in [2.75, 3.05) is 13.4 Å². The van der Waals surface area contributed by atoms with Crippen LogP contribution >= 0.6 is 11.8 Å². The van der Waals surface area contributed by atoms with E-state index in [1.165, 1.54) is 24.3 Å². The van der Waals surface area contributed by atoms with Crippen LogP contribution in [-0.2, 0) is 9.53 Å². The Balaban J connectivity index is 4.25. The van der Waals surface area contributed by atoms with Gasteiger partial charge < -0.3 is 4.74 Å². The van der Waals surface area contributed by atoms with E-state index in [0.29, 0.717) is 0 Å². The molecule has 0 spiro atoms. The van der Waals surface area contributed by atoms with Crippen LogP contribution in [0.5, 0.6) is 0 Å². The number of methoxy groups -OCH3 is 1. The van der Waals surface area contributed by atoms with Crippen molar-refractivity contribution >= 4 is 17.7 Å². The Labute approximate surface area is 63.7 Å². The number of ether oxygens (including phenoxy) is 1. The first-order chi connectivity index (χ1) is 4.76. The molecule has 3 nitrogen and oxygen atoms in total. The minimum Gasteiger partial charge on any atom is -0.465 e. The second kappa shape index (κ2) is 4.89. The third-order valence-electron chi connectivity index (χ3n) is 0.761. The summed E-state index contributed by atoms with van der Waals surface area (Å²) in [5.74, 6) is -0.586. The number of thioether (sulfide) groups is 1. The lowest BCUT2D eigenvalue weighted by Crippen LogP contribution is -2.01. The fraction of sp³-hybridized carbons (Fsp3) is 0.333. The molecule has 0 aromatic heterocycles. The maximum Gasteiger partial charge on any atom is 0.349 e. The van der Waals surface area contributed by atoms with Gasteiger partial charge in [-0.2, -0.15) is 5.26 Å². The van der Waals surface area contributed by atoms with Gasteiger partial charge in [0.2, 0.25) is 0 Å². The van der Waals surface area contributed by atoms with Crippen LogP contribution in [0.25, 0.3) is 0 Å². The van der Waals surface area contributed by atoms with Gasteiger partial charge in [0.1, 0.15) is 11.6 Å². The Hall–Kier alpha value is -0.950. The molecule has 0 amide bonds. The maximum absolute atomic E-state index is 10.6. The van der Waals surface area contributed by atoms with Crippen LogP contribution < -0.4 is 0 Å². The molecule has 0 unspecified atom stereocenters. The van der Waals surface area contributed by atoms with Crippen LogP contribution in [0.4, 0.5) is 0 Å². The number of esters is 1. The predicted molar refractivity (Wildman–Crippen MR) is 39.2 cm³/mol. The number of carbonyl (C=O) groups is 1. The summed E-state index contributed by atoms with van der Waals surface area (Å²) in [5, 5.41) is 9.78. The molecule has 0 aliphatic rings. The highest BCUT2D eigenvalue weighted by atomic mass is 32.2. The maximum atomic E-state index is 10.6. The van der Waals surface area contributed by atoms with E-state index in [9.17, 15) is 4.79 Å². The van der Waals surface area contributed by atoms with Gasteiger partial charge in [-0.3, -0.25) is 0 Å². The fourth-order valence-corrected chi connectivity index (χ4v) is 0.733. The number of rotatable bonds is 2. The summed E-state index contributed by atoms with van der Waals surface area (Å²) in [5.41, 5.74) is 0.0370. The van der Waals surface area contributed by atoms with Crippen LogP contribution in [0.2, 0.25) is 0 Å². The first kappa shape index (κ1) is 9.05. The first-order valence-corrected chi connectivity index (χ1v) is 3.76. The minimum atomic E-state index is -0.586. The van der Waals surface area contributed by atoms with E-state index in [0.717, 1.165) is 0 Å². The summed E-state index contributed by atoms with van der Waals surface area (Å²) < 4.78 is 4.31. The molecule has 0 saturated heterocycles. The van der Waals surface area contributed by atoms with E-state index in [1.54, 1.807) is 12.3 Å². The molecule has 54 valence electrons. The van der Waals surface area contributed by atoms with E-state index in [4.69, 9.17) is 5.26 Å². The highest BCUT2D eigenvalue weighted by Gasteiger charge is 2.06. The SMILES string of the molecule is COC(=O)C(C#N)=CSC. The van der Waals surface area contributed by atoms with E-state index in [2.05, 4.69) is 4.74 Å². The molecular formula is C6H7NO2S. The van der Waals surface area contributed by atoms with E-state index in [1.807, 2.05) is 0 Å². The lowest BCUT2D eigenvalue weighted by molar-refractivity contribution is -0.135. The summed E-state index contributed by atoms with van der Waals surface area (Å²) in [7, 11) is 1.24. The molecule has 0 heterocycles. The summed E-state index contributed by atoms with van der Waals surface area (Å²) >= 11 is 1.29. The van der Waals surface area contributed by atoms with Crippen LogP contribution in [-0.4, -0.2) is 19.3 Å². The molecule has 0 aromatic carbocycles. The quantitative estimate of drug-likeness (QED) is 0.340. The normalized spacial score (nSPS) is 10.3. The van der Waals surface area contributed by atoms with E-state index >= 15 is 0 Å². The molecule has 10 heavy (non-hydrogen) atoms. The lowest BCUT2D eigenvalue weighted by atomic mass is 10.3. The summed E-state index contributed by atoms with van der Waals surface area (Å²) in [6, 6.07) is 1.72. The van der Waals surface area contributed by atoms with E-state index < -0.39 is 5.97 Å². The third kappa shape index (κ3) is 2.55. The number of carbonyl (C=O) groups excluding carboxylic acids is 1. The molecule has 0 saturated carbocycles. The molecule has 0 bridgehead atoms. The van der Waals surface area contributed by atoms with Gasteiger partial charge in [-0.15, -0.1) is 11.8 Å². The Kier molecular flexibility index (Phi) is 4.42. The monoisotopic (exact) mass is 157 g/mol. The van der Waals surface area contributed by atoms with E-state index in [-0.39, 0.29) is 5.57 Å². The molecule has 0 atom stereocenters. The van der Waals surface area contributed by atoms with Gasteiger partial charge in [0.05, 0.1) is 7.11 Å². The van der Waals surface area contributed by atoms with Gasteiger partial charge in [0.15, 0.2) is 0 Å². The van der Waals surface area contributed by atoms with Gasteiger partial charge in [0.25, 0.3) is 0 Å². The van der Waals surface area contributed by atoms with Crippen molar-refractivity contribution < 1.29 is 9.53 Å². The largest absolute Gasteiger partial charge is 0.465 e. The molecule has 0 fully saturated rings. The first-order valence-electron chi connectivity index (χ1n) is 2.47. The van der Waals surface area contributed by atoms with Crippen molar-refractivity contribution in [2.45, 2.75) is 0 Å². The lowest BCUT2D eigenvalue weighted by Gasteiger charge is -1.92. The van der Waals surface area contributed by atoms with Gasteiger partial charge in [-0.05, 0) is 11.7 Å². The minimum absolute atomic E-state index is 0.0370. The van der Waals surface area contributed by atoms with Crippen LogP contribution in [0.1, 0.15) is 0 Å². The molecule has 0 rings (SSSR count). The van der Waals surface area contributed by atoms with Gasteiger partial charge in [0, 0.05) is 0 Å². The third-order valence-corrected chi connectivity index (χ3v) is 1.23. The van der Waals surface area contributed by atoms with Crippen molar-refractivity contribution in [3.05, 3.63) is 11.0 Å². The van der Waals surface area contributed by atoms with Gasteiger partial charge >= 0.3 is 5.97 Å². The molecule has 0 aliphatic carbocycles. The van der Waals surface area contributed by atoms with Crippen LogP contribution in [0.15, 0.2) is 11.0 Å². The second-order valence-electron chi connectivity index (χ2n) is 1.37. The highest BCUT2D eigenvalue weighted by molar-refractivity contribution is 8.01. The second-order valence-corrected chi connectivity index (χ2v) is 2.08. The van der Waals surface area contributed by atoms with Crippen molar-refractivity contribution in [3.63, 3.8) is 0 Å². The summed E-state index contributed by atoms with van der Waals surface area (Å²) in [6.07, 6.45) is 1.76. The summed E-state index contributed by atoms with van der Waals surface area (Å²) in [6.45, 7) is 0. The van der Waals surface area contributed by atoms with Crippen molar-refractivity contribution in [2.24, 2.45) is 0 Å². The standard InChI is InChI=1S/C6H7NO2S/c1-9-6(8)5(3-7)4-10-2/h4H,1-2H3. The molecule has 4 heteroatoms. The number of hydrogen-bond acceptors (Lipinski definition) is 4. The van der Waals surface area contributed by atoms with Gasteiger partial charge in [-0.1, -0.05) is 0 Å².